The van der Waals surface area contributed by atoms with Crippen molar-refractivity contribution in [3.05, 3.63) is 88.4 Å². The third-order valence-corrected chi connectivity index (χ3v) is 9.10. The molecule has 1 fully saturated rings. The number of hydrogen-bond donors (Lipinski definition) is 3. The lowest BCUT2D eigenvalue weighted by Crippen LogP contribution is -2.25. The number of methoxy groups -OCH3 is 2. The number of rotatable bonds is 14. The second-order valence-electron chi connectivity index (χ2n) is 11.4. The van der Waals surface area contributed by atoms with Crippen molar-refractivity contribution in [3.63, 3.8) is 0 Å². The van der Waals surface area contributed by atoms with Gasteiger partial charge in [0.2, 0.25) is 17.7 Å². The summed E-state index contributed by atoms with van der Waals surface area (Å²) >= 11 is 14.1. The molecule has 0 radical (unpaired) electrons. The predicted molar refractivity (Wildman–Crippen MR) is 185 cm³/mol. The van der Waals surface area contributed by atoms with Crippen LogP contribution >= 0.6 is 23.2 Å². The van der Waals surface area contributed by atoms with Gasteiger partial charge in [-0.1, -0.05) is 59.6 Å². The molecule has 0 spiro atoms. The van der Waals surface area contributed by atoms with Crippen molar-refractivity contribution in [1.82, 2.24) is 40.5 Å². The van der Waals surface area contributed by atoms with Gasteiger partial charge in [0.05, 0.1) is 48.0 Å². The minimum atomic E-state index is 0.124. The summed E-state index contributed by atoms with van der Waals surface area (Å²) < 4.78 is 11.2. The van der Waals surface area contributed by atoms with Crippen LogP contribution in [0.15, 0.2) is 61.2 Å². The fourth-order valence-corrected chi connectivity index (χ4v) is 6.46. The molecule has 2 aromatic carbocycles. The molecule has 0 saturated carbocycles. The van der Waals surface area contributed by atoms with Crippen LogP contribution in [-0.2, 0) is 24.2 Å². The summed E-state index contributed by atoms with van der Waals surface area (Å²) in [6.07, 6.45) is 11.6. The van der Waals surface area contributed by atoms with Gasteiger partial charge in [0, 0.05) is 66.6 Å². The van der Waals surface area contributed by atoms with Gasteiger partial charge in [0.15, 0.2) is 0 Å². The van der Waals surface area contributed by atoms with Crippen LogP contribution in [0.25, 0.3) is 33.6 Å². The number of nitrogens with zero attached hydrogens (tertiary/aromatic N) is 5. The first-order valence-corrected chi connectivity index (χ1v) is 16.6. The quantitative estimate of drug-likeness (QED) is 0.116. The van der Waals surface area contributed by atoms with E-state index < -0.39 is 0 Å². The van der Waals surface area contributed by atoms with Gasteiger partial charge in [-0.3, -0.25) is 14.8 Å². The van der Waals surface area contributed by atoms with E-state index in [1.807, 2.05) is 42.6 Å². The van der Waals surface area contributed by atoms with Crippen molar-refractivity contribution in [2.24, 2.45) is 0 Å². The Hall–Kier alpha value is -4.58. The summed E-state index contributed by atoms with van der Waals surface area (Å²) in [5.74, 6) is 1.91. The van der Waals surface area contributed by atoms with Gasteiger partial charge in [0.1, 0.15) is 17.2 Å². The van der Waals surface area contributed by atoms with Crippen LogP contribution in [0.1, 0.15) is 42.9 Å². The van der Waals surface area contributed by atoms with Crippen LogP contribution < -0.4 is 20.1 Å². The molecule has 6 rings (SSSR count). The average Bonchev–Trinajstić information content (AvgIpc) is 3.79. The Kier molecular flexibility index (Phi) is 10.8. The Labute approximate surface area is 288 Å². The summed E-state index contributed by atoms with van der Waals surface area (Å²) in [6.45, 7) is 1.21. The number of aryl methyl sites for hydroxylation is 1. The zero-order chi connectivity index (χ0) is 33.5. The molecule has 5 aromatic rings. The molecule has 248 valence electrons. The zero-order valence-corrected chi connectivity index (χ0v) is 28.2. The normalized spacial score (nSPS) is 14.2. The van der Waals surface area contributed by atoms with Gasteiger partial charge >= 0.3 is 0 Å². The van der Waals surface area contributed by atoms with Gasteiger partial charge in [-0.25, -0.2) is 15.0 Å². The largest absolute Gasteiger partial charge is 0.480 e. The molecule has 48 heavy (non-hydrogen) atoms. The van der Waals surface area contributed by atoms with E-state index in [-0.39, 0.29) is 11.9 Å². The Balaban J connectivity index is 1.20. The van der Waals surface area contributed by atoms with Crippen LogP contribution in [-0.4, -0.2) is 62.6 Å². The molecule has 13 heteroatoms. The maximum absolute atomic E-state index is 11.5. The Bertz CT molecular complexity index is 1890. The zero-order valence-electron chi connectivity index (χ0n) is 26.7. The SMILES string of the molecule is COc1nc(-c2cccc(-c3cccc(-c4cnc(CNCCc5ncc[nH]5)c(OC)n4)c3Cl)c2Cl)cnc1CCC[C@H]1CCC(=O)N1. The molecular formula is C35H36Cl2N8O3. The number of ether oxygens (including phenoxy) is 2. The molecule has 1 aliphatic heterocycles. The van der Waals surface area contributed by atoms with Crippen LogP contribution in [0, 0.1) is 0 Å². The van der Waals surface area contributed by atoms with Gasteiger partial charge in [0.25, 0.3) is 0 Å². The summed E-state index contributed by atoms with van der Waals surface area (Å²) in [4.78, 5) is 37.7. The molecule has 0 aliphatic carbocycles. The first-order valence-electron chi connectivity index (χ1n) is 15.8. The van der Waals surface area contributed by atoms with E-state index in [1.165, 1.54) is 0 Å². The van der Waals surface area contributed by atoms with Crippen molar-refractivity contribution in [3.8, 4) is 45.4 Å². The number of carbonyl (C=O) groups excluding carboxylic acids is 1. The number of aromatic nitrogens is 6. The van der Waals surface area contributed by atoms with E-state index in [0.29, 0.717) is 69.4 Å². The van der Waals surface area contributed by atoms with Crippen molar-refractivity contribution >= 4 is 29.1 Å². The number of nitrogens with one attached hydrogen (secondary N) is 3. The van der Waals surface area contributed by atoms with Gasteiger partial charge in [-0.2, -0.15) is 0 Å². The van der Waals surface area contributed by atoms with Crippen LogP contribution in [0.5, 0.6) is 11.8 Å². The monoisotopic (exact) mass is 686 g/mol. The summed E-state index contributed by atoms with van der Waals surface area (Å²) in [6, 6.07) is 11.7. The van der Waals surface area contributed by atoms with E-state index >= 15 is 0 Å². The minimum absolute atomic E-state index is 0.124. The second kappa shape index (κ2) is 15.5. The molecule has 3 N–H and O–H groups in total. The molecule has 0 unspecified atom stereocenters. The molecule has 1 aliphatic rings. The standard InChI is InChI=1S/C35H36Cl2N8O3/c1-47-34-26(11-3-6-21-12-13-31(46)43-21)41-19-27(44-34)24-9-4-7-22(32(24)36)23-8-5-10-25(33(23)37)28-20-42-29(35(45-28)48-2)18-38-15-14-30-39-16-17-40-30/h4-5,7-10,16-17,19-21,38H,3,6,11-15,18H2,1-2H3,(H,39,40)(H,43,46)/t21-/m0/s1. The highest BCUT2D eigenvalue weighted by atomic mass is 35.5. The maximum Gasteiger partial charge on any atom is 0.237 e. The molecular weight excluding hydrogens is 651 g/mol. The fourth-order valence-electron chi connectivity index (χ4n) is 5.81. The number of H-pyrrole nitrogens is 1. The minimum Gasteiger partial charge on any atom is -0.480 e. The first kappa shape index (κ1) is 33.3. The lowest BCUT2D eigenvalue weighted by atomic mass is 9.98. The summed E-state index contributed by atoms with van der Waals surface area (Å²) in [5.41, 5.74) is 5.49. The summed E-state index contributed by atoms with van der Waals surface area (Å²) in [5, 5.41) is 7.34. The Morgan fingerprint density at radius 2 is 1.48 bits per heavy atom. The third kappa shape index (κ3) is 7.59. The first-order chi connectivity index (χ1) is 23.4. The van der Waals surface area contributed by atoms with Gasteiger partial charge < -0.3 is 25.1 Å². The van der Waals surface area contributed by atoms with Crippen LogP contribution in [0.3, 0.4) is 0 Å². The molecule has 1 amide bonds. The number of benzene rings is 2. The maximum atomic E-state index is 11.5. The van der Waals surface area contributed by atoms with E-state index in [9.17, 15) is 4.79 Å². The highest BCUT2D eigenvalue weighted by Gasteiger charge is 2.22. The van der Waals surface area contributed by atoms with Crippen molar-refractivity contribution in [2.75, 3.05) is 20.8 Å². The van der Waals surface area contributed by atoms with Crippen molar-refractivity contribution in [2.45, 2.75) is 51.1 Å². The second-order valence-corrected chi connectivity index (χ2v) is 12.2. The molecule has 4 heterocycles. The van der Waals surface area contributed by atoms with E-state index in [2.05, 4.69) is 30.6 Å². The molecule has 1 saturated heterocycles. The molecule has 1 atom stereocenters. The number of hydrogen-bond acceptors (Lipinski definition) is 9. The summed E-state index contributed by atoms with van der Waals surface area (Å²) in [7, 11) is 3.16. The van der Waals surface area contributed by atoms with Crippen LogP contribution in [0.4, 0.5) is 0 Å². The number of aromatic amines is 1. The average molecular weight is 688 g/mol. The van der Waals surface area contributed by atoms with Gasteiger partial charge in [-0.05, 0) is 25.7 Å². The Morgan fingerprint density at radius 1 is 0.854 bits per heavy atom. The predicted octanol–water partition coefficient (Wildman–Crippen LogP) is 6.25. The van der Waals surface area contributed by atoms with E-state index in [1.54, 1.807) is 32.8 Å². The fraction of sp³-hybridized carbons (Fsp3) is 0.314. The number of amides is 1. The number of halogens is 2. The number of carbonyl (C=O) groups is 1. The highest BCUT2D eigenvalue weighted by Crippen LogP contribution is 2.42. The topological polar surface area (TPSA) is 140 Å². The smallest absolute Gasteiger partial charge is 0.237 e. The third-order valence-electron chi connectivity index (χ3n) is 8.29. The molecule has 3 aromatic heterocycles. The number of imidazole rings is 1. The highest BCUT2D eigenvalue weighted by molar-refractivity contribution is 6.39. The van der Waals surface area contributed by atoms with Crippen molar-refractivity contribution in [1.29, 1.82) is 0 Å². The van der Waals surface area contributed by atoms with E-state index in [4.69, 9.17) is 42.6 Å². The Morgan fingerprint density at radius 3 is 2.06 bits per heavy atom. The lowest BCUT2D eigenvalue weighted by molar-refractivity contribution is -0.119. The van der Waals surface area contributed by atoms with Gasteiger partial charge in [-0.15, -0.1) is 0 Å². The van der Waals surface area contributed by atoms with Crippen molar-refractivity contribution < 1.29 is 14.3 Å². The lowest BCUT2D eigenvalue weighted by Gasteiger charge is -2.15. The van der Waals surface area contributed by atoms with E-state index in [0.717, 1.165) is 54.9 Å². The molecule has 0 bridgehead atoms. The molecule has 11 nitrogen and oxygen atoms in total. The van der Waals surface area contributed by atoms with Crippen LogP contribution in [0.2, 0.25) is 10.0 Å².